The Labute approximate surface area is 94.8 Å². The van der Waals surface area contributed by atoms with E-state index in [0.717, 1.165) is 18.4 Å². The van der Waals surface area contributed by atoms with Gasteiger partial charge in [-0.3, -0.25) is 9.59 Å². The van der Waals surface area contributed by atoms with Gasteiger partial charge in [0.15, 0.2) is 5.78 Å². The number of esters is 1. The Kier molecular flexibility index (Phi) is 1.74. The van der Waals surface area contributed by atoms with Crippen molar-refractivity contribution in [3.8, 4) is 0 Å². The minimum Gasteiger partial charge on any atom is -0.459 e. The molecule has 2 aliphatic carbocycles. The van der Waals surface area contributed by atoms with Gasteiger partial charge >= 0.3 is 5.97 Å². The summed E-state index contributed by atoms with van der Waals surface area (Å²) in [6.45, 7) is 3.98. The monoisotopic (exact) mass is 220 g/mol. The summed E-state index contributed by atoms with van der Waals surface area (Å²) in [7, 11) is 0. The lowest BCUT2D eigenvalue weighted by Gasteiger charge is -2.31. The summed E-state index contributed by atoms with van der Waals surface area (Å²) in [6.07, 6.45) is 4.70. The molecule has 0 amide bonds. The summed E-state index contributed by atoms with van der Waals surface area (Å²) < 4.78 is 5.52. The zero-order valence-electron chi connectivity index (χ0n) is 9.71. The molecule has 1 heterocycles. The van der Waals surface area contributed by atoms with E-state index in [-0.39, 0.29) is 23.3 Å². The fourth-order valence-electron chi connectivity index (χ4n) is 3.83. The lowest BCUT2D eigenvalue weighted by molar-refractivity contribution is -0.151. The lowest BCUT2D eigenvalue weighted by Crippen LogP contribution is -2.36. The molecule has 0 aromatic heterocycles. The summed E-state index contributed by atoms with van der Waals surface area (Å²) >= 11 is 0. The van der Waals surface area contributed by atoms with Crippen LogP contribution in [0.1, 0.15) is 39.5 Å². The molecule has 16 heavy (non-hydrogen) atoms. The normalized spacial score (nSPS) is 40.1. The van der Waals surface area contributed by atoms with Crippen LogP contribution in [0.3, 0.4) is 0 Å². The number of hydrogen-bond acceptors (Lipinski definition) is 3. The summed E-state index contributed by atoms with van der Waals surface area (Å²) in [6, 6.07) is 0. The van der Waals surface area contributed by atoms with E-state index >= 15 is 0 Å². The van der Waals surface area contributed by atoms with Crippen molar-refractivity contribution in [1.29, 1.82) is 0 Å². The highest BCUT2D eigenvalue weighted by atomic mass is 16.6. The van der Waals surface area contributed by atoms with Crippen LogP contribution in [0.5, 0.6) is 0 Å². The van der Waals surface area contributed by atoms with E-state index in [1.165, 1.54) is 0 Å². The van der Waals surface area contributed by atoms with Gasteiger partial charge in [-0.15, -0.1) is 0 Å². The third kappa shape index (κ3) is 0.989. The van der Waals surface area contributed by atoms with Gasteiger partial charge < -0.3 is 4.74 Å². The number of ketones is 1. The van der Waals surface area contributed by atoms with Gasteiger partial charge in [0.1, 0.15) is 5.60 Å². The maximum Gasteiger partial charge on any atom is 0.317 e. The first-order valence-corrected chi connectivity index (χ1v) is 5.94. The maximum atomic E-state index is 12.2. The first-order valence-electron chi connectivity index (χ1n) is 5.94. The molecule has 3 nitrogen and oxygen atoms in total. The standard InChI is InChI=1S/C13H16O3/c1-12(2)10-4-3-8-7-9(14)5-6-13(8,10)11(15)16-12/h7,10H,3-6H2,1-2H3/t10-,13-/m1/s1. The number of carbonyl (C=O) groups is 2. The van der Waals surface area contributed by atoms with E-state index in [9.17, 15) is 9.59 Å². The van der Waals surface area contributed by atoms with E-state index in [0.29, 0.717) is 12.8 Å². The van der Waals surface area contributed by atoms with Gasteiger partial charge in [-0.2, -0.15) is 0 Å². The molecule has 0 aromatic carbocycles. The van der Waals surface area contributed by atoms with Crippen molar-refractivity contribution in [2.24, 2.45) is 11.3 Å². The van der Waals surface area contributed by atoms with Crippen molar-refractivity contribution in [1.82, 2.24) is 0 Å². The topological polar surface area (TPSA) is 43.4 Å². The van der Waals surface area contributed by atoms with Crippen LogP contribution < -0.4 is 0 Å². The molecule has 0 N–H and O–H groups in total. The van der Waals surface area contributed by atoms with E-state index in [4.69, 9.17) is 4.74 Å². The molecule has 0 unspecified atom stereocenters. The number of hydrogen-bond donors (Lipinski definition) is 0. The molecule has 3 heteroatoms. The van der Waals surface area contributed by atoms with Crippen molar-refractivity contribution in [3.63, 3.8) is 0 Å². The zero-order valence-corrected chi connectivity index (χ0v) is 9.71. The molecule has 2 fully saturated rings. The molecule has 1 saturated carbocycles. The highest BCUT2D eigenvalue weighted by Crippen LogP contribution is 2.61. The summed E-state index contributed by atoms with van der Waals surface area (Å²) in [5.74, 6) is 0.324. The molecule has 1 aliphatic heterocycles. The van der Waals surface area contributed by atoms with Gasteiger partial charge in [0, 0.05) is 12.3 Å². The molecule has 0 radical (unpaired) electrons. The van der Waals surface area contributed by atoms with Gasteiger partial charge in [-0.25, -0.2) is 0 Å². The van der Waals surface area contributed by atoms with Crippen LogP contribution in [0.4, 0.5) is 0 Å². The van der Waals surface area contributed by atoms with Crippen molar-refractivity contribution in [2.75, 3.05) is 0 Å². The minimum absolute atomic E-state index is 0.0984. The Balaban J connectivity index is 2.14. The van der Waals surface area contributed by atoms with Crippen LogP contribution in [0.25, 0.3) is 0 Å². The Morgan fingerprint density at radius 2 is 2.06 bits per heavy atom. The van der Waals surface area contributed by atoms with Crippen LogP contribution in [0, 0.1) is 11.3 Å². The van der Waals surface area contributed by atoms with Crippen molar-refractivity contribution < 1.29 is 14.3 Å². The number of rotatable bonds is 0. The minimum atomic E-state index is -0.447. The Bertz CT molecular complexity index is 419. The number of ether oxygens (including phenoxy) is 1. The van der Waals surface area contributed by atoms with Crippen LogP contribution in [0.15, 0.2) is 11.6 Å². The first-order chi connectivity index (χ1) is 7.47. The van der Waals surface area contributed by atoms with Gasteiger partial charge in [-0.05, 0) is 44.8 Å². The maximum absolute atomic E-state index is 12.2. The van der Waals surface area contributed by atoms with Crippen molar-refractivity contribution in [3.05, 3.63) is 11.6 Å². The van der Waals surface area contributed by atoms with Gasteiger partial charge in [0.2, 0.25) is 0 Å². The van der Waals surface area contributed by atoms with Crippen LogP contribution in [0.2, 0.25) is 0 Å². The molecule has 1 saturated heterocycles. The largest absolute Gasteiger partial charge is 0.459 e. The number of allylic oxidation sites excluding steroid dienone is 1. The molecular formula is C13H16O3. The fraction of sp³-hybridized carbons (Fsp3) is 0.692. The van der Waals surface area contributed by atoms with Gasteiger partial charge in [0.05, 0.1) is 5.41 Å². The summed E-state index contributed by atoms with van der Waals surface area (Å²) in [5, 5.41) is 0. The van der Waals surface area contributed by atoms with Gasteiger partial charge in [0.25, 0.3) is 0 Å². The summed E-state index contributed by atoms with van der Waals surface area (Å²) in [4.78, 5) is 23.6. The lowest BCUT2D eigenvalue weighted by atomic mass is 9.66. The van der Waals surface area contributed by atoms with E-state index < -0.39 is 5.41 Å². The Morgan fingerprint density at radius 1 is 1.31 bits per heavy atom. The fourth-order valence-corrected chi connectivity index (χ4v) is 3.83. The van der Waals surface area contributed by atoms with Crippen LogP contribution >= 0.6 is 0 Å². The van der Waals surface area contributed by atoms with Crippen molar-refractivity contribution >= 4 is 11.8 Å². The second-order valence-electron chi connectivity index (χ2n) is 5.69. The third-order valence-corrected chi connectivity index (χ3v) is 4.53. The highest BCUT2D eigenvalue weighted by molar-refractivity contribution is 5.96. The Morgan fingerprint density at radius 3 is 2.81 bits per heavy atom. The average Bonchev–Trinajstić information content (AvgIpc) is 2.64. The quantitative estimate of drug-likeness (QED) is 0.586. The summed E-state index contributed by atoms with van der Waals surface area (Å²) in [5.41, 5.74) is 0.217. The SMILES string of the molecule is CC1(C)OC(=O)[C@]23CCC(=O)C=C2CC[C@H]13. The molecule has 1 spiro atoms. The van der Waals surface area contributed by atoms with Crippen LogP contribution in [-0.4, -0.2) is 17.4 Å². The zero-order chi connectivity index (χ0) is 11.6. The van der Waals surface area contributed by atoms with Crippen molar-refractivity contribution in [2.45, 2.75) is 45.1 Å². The number of cyclic esters (lactones) is 1. The first kappa shape index (κ1) is 10.1. The molecule has 2 atom stereocenters. The molecule has 3 rings (SSSR count). The van der Waals surface area contributed by atoms with Crippen LogP contribution in [-0.2, 0) is 14.3 Å². The number of carbonyl (C=O) groups excluding carboxylic acids is 2. The molecular weight excluding hydrogens is 204 g/mol. The second kappa shape index (κ2) is 2.76. The molecule has 86 valence electrons. The van der Waals surface area contributed by atoms with E-state index in [1.54, 1.807) is 6.08 Å². The van der Waals surface area contributed by atoms with Gasteiger partial charge in [-0.1, -0.05) is 0 Å². The van der Waals surface area contributed by atoms with E-state index in [1.807, 2.05) is 13.8 Å². The second-order valence-corrected chi connectivity index (χ2v) is 5.69. The predicted octanol–water partition coefficient (Wildman–Crippen LogP) is 2.01. The predicted molar refractivity (Wildman–Crippen MR) is 57.7 cm³/mol. The highest BCUT2D eigenvalue weighted by Gasteiger charge is 2.65. The molecule has 0 aromatic rings. The smallest absolute Gasteiger partial charge is 0.317 e. The third-order valence-electron chi connectivity index (χ3n) is 4.53. The molecule has 3 aliphatic rings. The van der Waals surface area contributed by atoms with E-state index in [2.05, 4.69) is 0 Å². The molecule has 0 bridgehead atoms. The average molecular weight is 220 g/mol. The Hall–Kier alpha value is -1.12.